The van der Waals surface area contributed by atoms with E-state index in [9.17, 15) is 5.26 Å². The normalized spacial score (nSPS) is 25.0. The van der Waals surface area contributed by atoms with Gasteiger partial charge in [0, 0.05) is 19.1 Å². The molecular formula is C17H24N2O2. The Morgan fingerprint density at radius 1 is 1.48 bits per heavy atom. The summed E-state index contributed by atoms with van der Waals surface area (Å²) < 4.78 is 6.10. The summed E-state index contributed by atoms with van der Waals surface area (Å²) in [7, 11) is 0. The van der Waals surface area contributed by atoms with Crippen molar-refractivity contribution < 1.29 is 9.84 Å². The molecule has 0 radical (unpaired) electrons. The van der Waals surface area contributed by atoms with E-state index in [0.717, 1.165) is 24.2 Å². The molecule has 0 bridgehead atoms. The van der Waals surface area contributed by atoms with Gasteiger partial charge in [0.05, 0.1) is 6.07 Å². The van der Waals surface area contributed by atoms with Crippen molar-refractivity contribution in [1.29, 1.82) is 5.26 Å². The van der Waals surface area contributed by atoms with E-state index in [4.69, 9.17) is 9.84 Å². The summed E-state index contributed by atoms with van der Waals surface area (Å²) in [4.78, 5) is 0. The Morgan fingerprint density at radius 2 is 2.24 bits per heavy atom. The number of aliphatic hydroxyl groups excluding tert-OH is 1. The lowest BCUT2D eigenvalue weighted by Gasteiger charge is -2.25. The molecule has 0 aliphatic heterocycles. The van der Waals surface area contributed by atoms with Crippen molar-refractivity contribution in [2.75, 3.05) is 6.61 Å². The van der Waals surface area contributed by atoms with Crippen molar-refractivity contribution in [3.8, 4) is 11.8 Å². The van der Waals surface area contributed by atoms with Crippen LogP contribution in [0.25, 0.3) is 0 Å². The van der Waals surface area contributed by atoms with Crippen LogP contribution in [0.4, 0.5) is 0 Å². The van der Waals surface area contributed by atoms with Gasteiger partial charge >= 0.3 is 0 Å². The fourth-order valence-electron chi connectivity index (χ4n) is 3.04. The van der Waals surface area contributed by atoms with Crippen LogP contribution in [0.3, 0.4) is 0 Å². The Bertz CT molecular complexity index is 510. The molecule has 2 rings (SSSR count). The van der Waals surface area contributed by atoms with Crippen LogP contribution >= 0.6 is 0 Å². The van der Waals surface area contributed by atoms with Gasteiger partial charge in [0.25, 0.3) is 0 Å². The molecule has 21 heavy (non-hydrogen) atoms. The van der Waals surface area contributed by atoms with Gasteiger partial charge in [-0.25, -0.2) is 0 Å². The first-order chi connectivity index (χ1) is 10.1. The van der Waals surface area contributed by atoms with E-state index >= 15 is 0 Å². The topological polar surface area (TPSA) is 65.3 Å². The first-order valence-electron chi connectivity index (χ1n) is 7.63. The van der Waals surface area contributed by atoms with E-state index in [2.05, 4.69) is 25.2 Å². The second-order valence-electron chi connectivity index (χ2n) is 6.06. The number of hydrogen-bond acceptors (Lipinski definition) is 4. The zero-order valence-electron chi connectivity index (χ0n) is 12.8. The highest BCUT2D eigenvalue weighted by Gasteiger charge is 2.41. The van der Waals surface area contributed by atoms with Gasteiger partial charge in [0.1, 0.15) is 17.4 Å². The molecule has 0 amide bonds. The maximum Gasteiger partial charge on any atom is 0.122 e. The standard InChI is InChI=1S/C17H24N2O2/c1-13(2)19-17(12-18)9-7-15(11-17)21-16-6-4-3-5-14(16)8-10-20/h3-6,13,15,19-20H,7-11H2,1-2H3. The van der Waals surface area contributed by atoms with Crippen LogP contribution in [0.2, 0.25) is 0 Å². The molecule has 2 atom stereocenters. The number of nitrogens with one attached hydrogen (secondary N) is 1. The average Bonchev–Trinajstić information content (AvgIpc) is 2.84. The molecule has 0 saturated heterocycles. The summed E-state index contributed by atoms with van der Waals surface area (Å²) in [5.74, 6) is 0.829. The summed E-state index contributed by atoms with van der Waals surface area (Å²) in [6, 6.07) is 10.5. The number of nitrogens with zero attached hydrogens (tertiary/aromatic N) is 1. The van der Waals surface area contributed by atoms with E-state index in [1.807, 2.05) is 24.3 Å². The van der Waals surface area contributed by atoms with Crippen molar-refractivity contribution in [1.82, 2.24) is 5.32 Å². The molecule has 0 spiro atoms. The predicted molar refractivity (Wildman–Crippen MR) is 82.1 cm³/mol. The van der Waals surface area contributed by atoms with Crippen molar-refractivity contribution in [3.05, 3.63) is 29.8 Å². The smallest absolute Gasteiger partial charge is 0.122 e. The van der Waals surface area contributed by atoms with E-state index < -0.39 is 5.54 Å². The highest BCUT2D eigenvalue weighted by atomic mass is 16.5. The molecule has 2 unspecified atom stereocenters. The molecule has 1 fully saturated rings. The molecule has 0 heterocycles. The van der Waals surface area contributed by atoms with Crippen LogP contribution in [0, 0.1) is 11.3 Å². The number of hydrogen-bond donors (Lipinski definition) is 2. The molecule has 1 aliphatic carbocycles. The molecule has 114 valence electrons. The highest BCUT2D eigenvalue weighted by Crippen LogP contribution is 2.33. The number of nitriles is 1. The van der Waals surface area contributed by atoms with Gasteiger partial charge < -0.3 is 9.84 Å². The number of rotatable bonds is 6. The Kier molecular flexibility index (Phi) is 5.22. The number of para-hydroxylation sites is 1. The lowest BCUT2D eigenvalue weighted by Crippen LogP contribution is -2.46. The third-order valence-corrected chi connectivity index (χ3v) is 3.90. The summed E-state index contributed by atoms with van der Waals surface area (Å²) >= 11 is 0. The van der Waals surface area contributed by atoms with Crippen LogP contribution in [0.5, 0.6) is 5.75 Å². The van der Waals surface area contributed by atoms with Crippen molar-refractivity contribution in [2.45, 2.75) is 57.2 Å². The number of ether oxygens (including phenoxy) is 1. The van der Waals surface area contributed by atoms with Crippen LogP contribution in [0.1, 0.15) is 38.7 Å². The fraction of sp³-hybridized carbons (Fsp3) is 0.588. The Balaban J connectivity index is 2.04. The van der Waals surface area contributed by atoms with Crippen LogP contribution in [-0.2, 0) is 6.42 Å². The third-order valence-electron chi connectivity index (χ3n) is 3.90. The molecule has 1 aliphatic rings. The van der Waals surface area contributed by atoms with Gasteiger partial charge in [-0.1, -0.05) is 18.2 Å². The second kappa shape index (κ2) is 6.93. The van der Waals surface area contributed by atoms with E-state index in [1.165, 1.54) is 0 Å². The average molecular weight is 288 g/mol. The van der Waals surface area contributed by atoms with Crippen molar-refractivity contribution in [2.24, 2.45) is 0 Å². The van der Waals surface area contributed by atoms with Crippen molar-refractivity contribution in [3.63, 3.8) is 0 Å². The largest absolute Gasteiger partial charge is 0.490 e. The summed E-state index contributed by atoms with van der Waals surface area (Å²) in [5.41, 5.74) is 0.552. The first kappa shape index (κ1) is 15.8. The maximum absolute atomic E-state index is 9.49. The first-order valence-corrected chi connectivity index (χ1v) is 7.63. The molecule has 1 aromatic rings. The molecule has 0 aromatic heterocycles. The molecule has 1 saturated carbocycles. The minimum Gasteiger partial charge on any atom is -0.490 e. The number of benzene rings is 1. The van der Waals surface area contributed by atoms with Gasteiger partial charge in [-0.05, 0) is 44.7 Å². The van der Waals surface area contributed by atoms with E-state index in [-0.39, 0.29) is 18.8 Å². The van der Waals surface area contributed by atoms with Gasteiger partial charge in [0.2, 0.25) is 0 Å². The lowest BCUT2D eigenvalue weighted by molar-refractivity contribution is 0.196. The maximum atomic E-state index is 9.49. The summed E-state index contributed by atoms with van der Waals surface area (Å²) in [6.45, 7) is 4.23. The zero-order chi connectivity index (χ0) is 15.3. The molecule has 4 nitrogen and oxygen atoms in total. The van der Waals surface area contributed by atoms with Gasteiger partial charge in [-0.2, -0.15) is 5.26 Å². The third kappa shape index (κ3) is 3.96. The Morgan fingerprint density at radius 3 is 2.90 bits per heavy atom. The zero-order valence-corrected chi connectivity index (χ0v) is 12.8. The van der Waals surface area contributed by atoms with Gasteiger partial charge in [-0.3, -0.25) is 5.32 Å². The molecule has 4 heteroatoms. The predicted octanol–water partition coefficient (Wildman–Crippen LogP) is 2.41. The fourth-order valence-corrected chi connectivity index (χ4v) is 3.04. The minimum absolute atomic E-state index is 0.0516. The minimum atomic E-state index is -0.468. The quantitative estimate of drug-likeness (QED) is 0.843. The molecule has 2 N–H and O–H groups in total. The molecular weight excluding hydrogens is 264 g/mol. The lowest BCUT2D eigenvalue weighted by atomic mass is 9.98. The van der Waals surface area contributed by atoms with Crippen LogP contribution < -0.4 is 10.1 Å². The van der Waals surface area contributed by atoms with Gasteiger partial charge in [-0.15, -0.1) is 0 Å². The second-order valence-corrected chi connectivity index (χ2v) is 6.06. The van der Waals surface area contributed by atoms with Crippen LogP contribution in [0.15, 0.2) is 24.3 Å². The number of aliphatic hydroxyl groups is 1. The van der Waals surface area contributed by atoms with Crippen LogP contribution in [-0.4, -0.2) is 29.4 Å². The van der Waals surface area contributed by atoms with Gasteiger partial charge in [0.15, 0.2) is 0 Å². The van der Waals surface area contributed by atoms with E-state index in [0.29, 0.717) is 12.8 Å². The Labute approximate surface area is 126 Å². The molecule has 1 aromatic carbocycles. The SMILES string of the molecule is CC(C)NC1(C#N)CCC(Oc2ccccc2CCO)C1. The summed E-state index contributed by atoms with van der Waals surface area (Å²) in [5, 5.41) is 22.0. The Hall–Kier alpha value is -1.57. The summed E-state index contributed by atoms with van der Waals surface area (Å²) in [6.07, 6.45) is 3.04. The van der Waals surface area contributed by atoms with Crippen molar-refractivity contribution >= 4 is 0 Å². The highest BCUT2D eigenvalue weighted by molar-refractivity contribution is 5.34. The monoisotopic (exact) mass is 288 g/mol. The van der Waals surface area contributed by atoms with E-state index in [1.54, 1.807) is 0 Å².